The molecule has 33 heavy (non-hydrogen) atoms. The minimum absolute atomic E-state index is 0.0849. The first-order valence-electron chi connectivity index (χ1n) is 11.4. The van der Waals surface area contributed by atoms with E-state index in [0.717, 1.165) is 41.1 Å². The summed E-state index contributed by atoms with van der Waals surface area (Å²) < 4.78 is 11.1. The number of carbonyl (C=O) groups excluding carboxylic acids is 2. The van der Waals surface area contributed by atoms with Gasteiger partial charge in [-0.1, -0.05) is 36.4 Å². The number of esters is 1. The highest BCUT2D eigenvalue weighted by molar-refractivity contribution is 5.92. The van der Waals surface area contributed by atoms with E-state index in [1.807, 2.05) is 62.6 Å². The third kappa shape index (κ3) is 5.45. The molecule has 6 nitrogen and oxygen atoms in total. The monoisotopic (exact) mass is 448 g/mol. The summed E-state index contributed by atoms with van der Waals surface area (Å²) in [5, 5.41) is 2.96. The zero-order valence-corrected chi connectivity index (χ0v) is 19.4. The van der Waals surface area contributed by atoms with E-state index in [9.17, 15) is 9.59 Å². The second-order valence-electron chi connectivity index (χ2n) is 9.48. The predicted octanol–water partition coefficient (Wildman–Crippen LogP) is 3.86. The molecular formula is C27H32N2O4. The van der Waals surface area contributed by atoms with Crippen LogP contribution in [-0.4, -0.2) is 50.6 Å². The molecule has 1 saturated carbocycles. The van der Waals surface area contributed by atoms with Crippen LogP contribution in [0.3, 0.4) is 0 Å². The van der Waals surface area contributed by atoms with Gasteiger partial charge in [0.2, 0.25) is 5.91 Å². The Morgan fingerprint density at radius 2 is 2.00 bits per heavy atom. The molecule has 2 atom stereocenters. The van der Waals surface area contributed by atoms with Crippen molar-refractivity contribution in [1.29, 1.82) is 0 Å². The van der Waals surface area contributed by atoms with E-state index in [1.54, 1.807) is 0 Å². The molecule has 4 rings (SSSR count). The van der Waals surface area contributed by atoms with Crippen LogP contribution >= 0.6 is 0 Å². The van der Waals surface area contributed by atoms with Crippen LogP contribution in [0.4, 0.5) is 5.69 Å². The molecule has 1 aliphatic heterocycles. The summed E-state index contributed by atoms with van der Waals surface area (Å²) in [5.41, 5.74) is 3.36. The maximum absolute atomic E-state index is 12.6. The maximum Gasteiger partial charge on any atom is 0.313 e. The number of fused-ring (bicyclic) bond motifs is 1. The van der Waals surface area contributed by atoms with Crippen molar-refractivity contribution in [2.24, 2.45) is 11.3 Å². The van der Waals surface area contributed by atoms with Crippen molar-refractivity contribution < 1.29 is 19.1 Å². The molecule has 2 aliphatic rings. The van der Waals surface area contributed by atoms with Crippen LogP contribution in [-0.2, 0) is 27.2 Å². The van der Waals surface area contributed by atoms with E-state index in [0.29, 0.717) is 26.1 Å². The fourth-order valence-electron chi connectivity index (χ4n) is 4.81. The van der Waals surface area contributed by atoms with E-state index >= 15 is 0 Å². The summed E-state index contributed by atoms with van der Waals surface area (Å²) in [7, 11) is 4.00. The molecule has 0 spiro atoms. The average molecular weight is 449 g/mol. The Kier molecular flexibility index (Phi) is 6.84. The van der Waals surface area contributed by atoms with Gasteiger partial charge in [0.05, 0.1) is 18.4 Å². The van der Waals surface area contributed by atoms with Gasteiger partial charge in [0.15, 0.2) is 0 Å². The molecule has 0 bridgehead atoms. The smallest absolute Gasteiger partial charge is 0.313 e. The van der Waals surface area contributed by atoms with Crippen molar-refractivity contribution in [1.82, 2.24) is 4.90 Å². The SMILES string of the molecule is C=C1CC2COC(=O)C2(Cc2ccc(NC(=O)Cc3cccc(OCCN(C)C)c3)cc2)C1. The summed E-state index contributed by atoms with van der Waals surface area (Å²) in [6.07, 6.45) is 2.48. The molecule has 2 unspecified atom stereocenters. The number of nitrogens with zero attached hydrogens (tertiary/aromatic N) is 1. The van der Waals surface area contributed by atoms with Crippen molar-refractivity contribution in [3.8, 4) is 5.75 Å². The van der Waals surface area contributed by atoms with Gasteiger partial charge in [-0.3, -0.25) is 9.59 Å². The normalized spacial score (nSPS) is 21.7. The lowest BCUT2D eigenvalue weighted by Gasteiger charge is -2.24. The number of ether oxygens (including phenoxy) is 2. The topological polar surface area (TPSA) is 67.9 Å². The summed E-state index contributed by atoms with van der Waals surface area (Å²) in [6, 6.07) is 15.4. The predicted molar refractivity (Wildman–Crippen MR) is 128 cm³/mol. The van der Waals surface area contributed by atoms with E-state index in [2.05, 4.69) is 16.8 Å². The molecule has 1 aliphatic carbocycles. The highest BCUT2D eigenvalue weighted by Crippen LogP contribution is 2.52. The third-order valence-electron chi connectivity index (χ3n) is 6.53. The van der Waals surface area contributed by atoms with Crippen molar-refractivity contribution >= 4 is 17.6 Å². The Morgan fingerprint density at radius 3 is 2.76 bits per heavy atom. The van der Waals surface area contributed by atoms with Gasteiger partial charge < -0.3 is 19.7 Å². The molecule has 0 radical (unpaired) electrons. The number of hydrogen-bond donors (Lipinski definition) is 1. The number of rotatable bonds is 9. The molecule has 1 N–H and O–H groups in total. The van der Waals surface area contributed by atoms with E-state index in [4.69, 9.17) is 9.47 Å². The first-order chi connectivity index (χ1) is 15.8. The maximum atomic E-state index is 12.6. The molecule has 1 saturated heterocycles. The quantitative estimate of drug-likeness (QED) is 0.466. The van der Waals surface area contributed by atoms with Gasteiger partial charge >= 0.3 is 5.97 Å². The minimum atomic E-state index is -0.471. The minimum Gasteiger partial charge on any atom is -0.492 e. The Bertz CT molecular complexity index is 1030. The first-order valence-corrected chi connectivity index (χ1v) is 11.4. The van der Waals surface area contributed by atoms with Crippen LogP contribution < -0.4 is 10.1 Å². The number of amides is 1. The van der Waals surface area contributed by atoms with Gasteiger partial charge in [0.1, 0.15) is 12.4 Å². The summed E-state index contributed by atoms with van der Waals surface area (Å²) in [4.78, 5) is 27.1. The Hall–Kier alpha value is -3.12. The lowest BCUT2D eigenvalue weighted by Crippen LogP contribution is -2.31. The number of carbonyl (C=O) groups is 2. The van der Waals surface area contributed by atoms with Crippen molar-refractivity contribution in [3.63, 3.8) is 0 Å². The number of cyclic esters (lactones) is 1. The Balaban J connectivity index is 1.32. The molecule has 1 heterocycles. The number of benzene rings is 2. The number of nitrogens with one attached hydrogen (secondary N) is 1. The van der Waals surface area contributed by atoms with Crippen LogP contribution in [0.25, 0.3) is 0 Å². The van der Waals surface area contributed by atoms with Gasteiger partial charge in [-0.25, -0.2) is 0 Å². The molecule has 2 aromatic rings. The fraction of sp³-hybridized carbons (Fsp3) is 0.407. The highest BCUT2D eigenvalue weighted by Gasteiger charge is 2.55. The molecule has 2 fully saturated rings. The molecule has 2 aromatic carbocycles. The van der Waals surface area contributed by atoms with E-state index in [1.165, 1.54) is 0 Å². The summed E-state index contributed by atoms with van der Waals surface area (Å²) >= 11 is 0. The largest absolute Gasteiger partial charge is 0.492 e. The number of likely N-dealkylation sites (N-methyl/N-ethyl adjacent to an activating group) is 1. The zero-order valence-electron chi connectivity index (χ0n) is 19.4. The summed E-state index contributed by atoms with van der Waals surface area (Å²) in [5.74, 6) is 0.804. The summed E-state index contributed by atoms with van der Waals surface area (Å²) in [6.45, 7) is 6.03. The Morgan fingerprint density at radius 1 is 1.21 bits per heavy atom. The van der Waals surface area contributed by atoms with Gasteiger partial charge in [-0.15, -0.1) is 0 Å². The zero-order chi connectivity index (χ0) is 23.4. The van der Waals surface area contributed by atoms with Gasteiger partial charge in [-0.2, -0.15) is 0 Å². The van der Waals surface area contributed by atoms with Crippen molar-refractivity contribution in [3.05, 3.63) is 71.8 Å². The van der Waals surface area contributed by atoms with Crippen LogP contribution in [0.1, 0.15) is 24.0 Å². The van der Waals surface area contributed by atoms with Crippen LogP contribution in [0, 0.1) is 11.3 Å². The molecular weight excluding hydrogens is 416 g/mol. The van der Waals surface area contributed by atoms with Gasteiger partial charge in [-0.05, 0) is 68.8 Å². The van der Waals surface area contributed by atoms with Crippen LogP contribution in [0.2, 0.25) is 0 Å². The molecule has 174 valence electrons. The van der Waals surface area contributed by atoms with Gasteiger partial charge in [0.25, 0.3) is 0 Å². The molecule has 1 amide bonds. The van der Waals surface area contributed by atoms with E-state index < -0.39 is 5.41 Å². The highest BCUT2D eigenvalue weighted by atomic mass is 16.5. The fourth-order valence-corrected chi connectivity index (χ4v) is 4.81. The second-order valence-corrected chi connectivity index (χ2v) is 9.48. The van der Waals surface area contributed by atoms with Crippen molar-refractivity contribution in [2.75, 3.05) is 39.2 Å². The van der Waals surface area contributed by atoms with E-state index in [-0.39, 0.29) is 24.2 Å². The number of hydrogen-bond acceptors (Lipinski definition) is 5. The average Bonchev–Trinajstić information content (AvgIpc) is 3.23. The lowest BCUT2D eigenvalue weighted by molar-refractivity contribution is -0.146. The number of anilines is 1. The lowest BCUT2D eigenvalue weighted by atomic mass is 9.75. The van der Waals surface area contributed by atoms with Crippen LogP contribution in [0.15, 0.2) is 60.7 Å². The second kappa shape index (κ2) is 9.79. The first kappa shape index (κ1) is 23.1. The molecule has 0 aromatic heterocycles. The van der Waals surface area contributed by atoms with Crippen molar-refractivity contribution in [2.45, 2.75) is 25.7 Å². The van der Waals surface area contributed by atoms with Crippen LogP contribution in [0.5, 0.6) is 5.75 Å². The molecule has 6 heteroatoms. The Labute approximate surface area is 195 Å². The van der Waals surface area contributed by atoms with Gasteiger partial charge in [0, 0.05) is 18.2 Å². The number of allylic oxidation sites excluding steroid dienone is 1. The third-order valence-corrected chi connectivity index (χ3v) is 6.53. The standard InChI is InChI=1S/C27H32N2O4/c1-19-13-22-18-33-26(31)27(22,16-19)17-20-7-9-23(10-8-20)28-25(30)15-21-5-4-6-24(14-21)32-12-11-29(2)3/h4-10,14,22H,1,11-13,15-18H2,2-3H3,(H,28,30).